The van der Waals surface area contributed by atoms with Crippen molar-refractivity contribution in [3.8, 4) is 5.75 Å². The van der Waals surface area contributed by atoms with Gasteiger partial charge in [-0.3, -0.25) is 9.59 Å². The maximum atomic E-state index is 13.0. The first-order valence-electron chi connectivity index (χ1n) is 9.63. The van der Waals surface area contributed by atoms with E-state index in [1.807, 2.05) is 24.3 Å². The van der Waals surface area contributed by atoms with Gasteiger partial charge in [0.2, 0.25) is 11.8 Å². The molecule has 0 unspecified atom stereocenters. The van der Waals surface area contributed by atoms with Crippen molar-refractivity contribution >= 4 is 23.6 Å². The fourth-order valence-corrected chi connectivity index (χ4v) is 4.10. The van der Waals surface area contributed by atoms with Crippen molar-refractivity contribution in [3.63, 3.8) is 0 Å². The number of hydrogen-bond acceptors (Lipinski definition) is 4. The zero-order valence-corrected chi connectivity index (χ0v) is 18.6. The molecule has 0 aliphatic carbocycles. The van der Waals surface area contributed by atoms with Crippen molar-refractivity contribution in [1.82, 2.24) is 10.2 Å². The number of benzene rings is 2. The van der Waals surface area contributed by atoms with Gasteiger partial charge in [-0.05, 0) is 44.0 Å². The molecule has 2 rings (SSSR count). The second kappa shape index (κ2) is 10.9. The van der Waals surface area contributed by atoms with Gasteiger partial charge in [-0.15, -0.1) is 11.8 Å². The summed E-state index contributed by atoms with van der Waals surface area (Å²) in [7, 11) is 3.20. The SMILES string of the molecule is CNC(=O)[C@@H](C)N(Cc1cccc(OC)c1)C(=O)CSCc1cc(C)cc(C)c1. The number of aryl methyl sites for hydroxylation is 2. The normalized spacial score (nSPS) is 11.6. The van der Waals surface area contributed by atoms with Crippen LogP contribution in [-0.2, 0) is 21.9 Å². The molecule has 6 heteroatoms. The predicted octanol–water partition coefficient (Wildman–Crippen LogP) is 3.71. The number of methoxy groups -OCH3 is 1. The summed E-state index contributed by atoms with van der Waals surface area (Å²) >= 11 is 1.57. The minimum absolute atomic E-state index is 0.0571. The van der Waals surface area contributed by atoms with Crippen LogP contribution in [0.4, 0.5) is 0 Å². The number of amides is 2. The van der Waals surface area contributed by atoms with Crippen molar-refractivity contribution in [2.24, 2.45) is 0 Å². The van der Waals surface area contributed by atoms with Crippen LogP contribution in [0.25, 0.3) is 0 Å². The Labute approximate surface area is 177 Å². The first-order chi connectivity index (χ1) is 13.8. The van der Waals surface area contributed by atoms with E-state index >= 15 is 0 Å². The van der Waals surface area contributed by atoms with E-state index < -0.39 is 6.04 Å². The number of likely N-dealkylation sites (N-methyl/N-ethyl adjacent to an activating group) is 1. The molecule has 29 heavy (non-hydrogen) atoms. The molecule has 0 aromatic heterocycles. The number of rotatable bonds is 9. The largest absolute Gasteiger partial charge is 0.497 e. The van der Waals surface area contributed by atoms with E-state index in [4.69, 9.17) is 4.74 Å². The van der Waals surface area contributed by atoms with Gasteiger partial charge in [0, 0.05) is 19.3 Å². The molecule has 0 bridgehead atoms. The van der Waals surface area contributed by atoms with Crippen molar-refractivity contribution in [2.45, 2.75) is 39.1 Å². The second-order valence-electron chi connectivity index (χ2n) is 7.15. The average Bonchev–Trinajstić information content (AvgIpc) is 2.70. The Morgan fingerprint density at radius 1 is 1.10 bits per heavy atom. The summed E-state index contributed by atoms with van der Waals surface area (Å²) in [4.78, 5) is 26.8. The minimum atomic E-state index is -0.555. The molecule has 0 spiro atoms. The van der Waals surface area contributed by atoms with Gasteiger partial charge in [0.1, 0.15) is 11.8 Å². The summed E-state index contributed by atoms with van der Waals surface area (Å²) < 4.78 is 5.27. The summed E-state index contributed by atoms with van der Waals surface area (Å²) in [5, 5.41) is 2.64. The lowest BCUT2D eigenvalue weighted by Crippen LogP contribution is -2.47. The molecule has 156 valence electrons. The Morgan fingerprint density at radius 2 is 1.79 bits per heavy atom. The third kappa shape index (κ3) is 6.82. The zero-order chi connectivity index (χ0) is 21.4. The van der Waals surface area contributed by atoms with Crippen LogP contribution in [0.2, 0.25) is 0 Å². The lowest BCUT2D eigenvalue weighted by molar-refractivity contribution is -0.138. The van der Waals surface area contributed by atoms with Crippen molar-refractivity contribution in [1.29, 1.82) is 0 Å². The molecule has 0 saturated carbocycles. The van der Waals surface area contributed by atoms with E-state index in [1.54, 1.807) is 37.7 Å². The molecule has 0 saturated heterocycles. The van der Waals surface area contributed by atoms with Gasteiger partial charge in [-0.2, -0.15) is 0 Å². The summed E-state index contributed by atoms with van der Waals surface area (Å²) in [5.74, 6) is 1.57. The molecule has 1 N–H and O–H groups in total. The Morgan fingerprint density at radius 3 is 2.41 bits per heavy atom. The van der Waals surface area contributed by atoms with Crippen LogP contribution in [0.1, 0.15) is 29.2 Å². The van der Waals surface area contributed by atoms with Crippen LogP contribution in [-0.4, -0.2) is 42.7 Å². The minimum Gasteiger partial charge on any atom is -0.497 e. The van der Waals surface area contributed by atoms with Gasteiger partial charge in [-0.1, -0.05) is 41.5 Å². The molecular formula is C23H30N2O3S. The van der Waals surface area contributed by atoms with Gasteiger partial charge in [-0.25, -0.2) is 0 Å². The fraction of sp³-hybridized carbons (Fsp3) is 0.391. The molecule has 2 aromatic rings. The molecule has 0 radical (unpaired) electrons. The van der Waals surface area contributed by atoms with Crippen LogP contribution < -0.4 is 10.1 Å². The third-order valence-electron chi connectivity index (χ3n) is 4.68. The lowest BCUT2D eigenvalue weighted by atomic mass is 10.1. The van der Waals surface area contributed by atoms with Gasteiger partial charge in [0.25, 0.3) is 0 Å². The third-order valence-corrected chi connectivity index (χ3v) is 5.67. The van der Waals surface area contributed by atoms with Gasteiger partial charge >= 0.3 is 0 Å². The molecule has 1 atom stereocenters. The highest BCUT2D eigenvalue weighted by Gasteiger charge is 2.25. The Balaban J connectivity index is 2.08. The van der Waals surface area contributed by atoms with E-state index in [0.29, 0.717) is 12.3 Å². The van der Waals surface area contributed by atoms with Gasteiger partial charge in [0.15, 0.2) is 0 Å². The van der Waals surface area contributed by atoms with Crippen molar-refractivity contribution in [3.05, 3.63) is 64.7 Å². The zero-order valence-electron chi connectivity index (χ0n) is 17.8. The van der Waals surface area contributed by atoms with Crippen LogP contribution in [0, 0.1) is 13.8 Å². The predicted molar refractivity (Wildman–Crippen MR) is 119 cm³/mol. The number of ether oxygens (including phenoxy) is 1. The van der Waals surface area contributed by atoms with E-state index in [-0.39, 0.29) is 11.8 Å². The summed E-state index contributed by atoms with van der Waals surface area (Å²) in [6, 6.07) is 13.4. The monoisotopic (exact) mass is 414 g/mol. The number of hydrogen-bond donors (Lipinski definition) is 1. The Hall–Kier alpha value is -2.47. The molecule has 0 fully saturated rings. The van der Waals surface area contributed by atoms with Crippen LogP contribution in [0.3, 0.4) is 0 Å². The summed E-state index contributed by atoms with van der Waals surface area (Å²) in [5.41, 5.74) is 4.58. The van der Waals surface area contributed by atoms with E-state index in [0.717, 1.165) is 17.1 Å². The van der Waals surface area contributed by atoms with Crippen molar-refractivity contribution < 1.29 is 14.3 Å². The molecule has 2 amide bonds. The topological polar surface area (TPSA) is 58.6 Å². The van der Waals surface area contributed by atoms with E-state index in [9.17, 15) is 9.59 Å². The van der Waals surface area contributed by atoms with E-state index in [2.05, 4.69) is 37.4 Å². The molecule has 5 nitrogen and oxygen atoms in total. The number of nitrogens with one attached hydrogen (secondary N) is 1. The molecule has 0 heterocycles. The summed E-state index contributed by atoms with van der Waals surface area (Å²) in [6.45, 7) is 6.26. The second-order valence-corrected chi connectivity index (χ2v) is 8.14. The molecule has 0 aliphatic rings. The lowest BCUT2D eigenvalue weighted by Gasteiger charge is -2.28. The smallest absolute Gasteiger partial charge is 0.242 e. The number of thioether (sulfide) groups is 1. The van der Waals surface area contributed by atoms with E-state index in [1.165, 1.54) is 16.7 Å². The maximum Gasteiger partial charge on any atom is 0.242 e. The fourth-order valence-electron chi connectivity index (χ4n) is 3.25. The molecular weight excluding hydrogens is 384 g/mol. The number of carbonyl (C=O) groups is 2. The summed E-state index contributed by atoms with van der Waals surface area (Å²) in [6.07, 6.45) is 0. The highest BCUT2D eigenvalue weighted by molar-refractivity contribution is 7.99. The van der Waals surface area contributed by atoms with Gasteiger partial charge in [0.05, 0.1) is 12.9 Å². The maximum absolute atomic E-state index is 13.0. The van der Waals surface area contributed by atoms with Crippen LogP contribution in [0.15, 0.2) is 42.5 Å². The Bertz CT molecular complexity index is 834. The first kappa shape index (κ1) is 22.8. The average molecular weight is 415 g/mol. The first-order valence-corrected chi connectivity index (χ1v) is 10.8. The number of carbonyl (C=O) groups excluding carboxylic acids is 2. The highest BCUT2D eigenvalue weighted by Crippen LogP contribution is 2.19. The van der Waals surface area contributed by atoms with Crippen LogP contribution >= 0.6 is 11.8 Å². The van der Waals surface area contributed by atoms with Crippen LogP contribution in [0.5, 0.6) is 5.75 Å². The quantitative estimate of drug-likeness (QED) is 0.680. The van der Waals surface area contributed by atoms with Gasteiger partial charge < -0.3 is 15.0 Å². The molecule has 0 aliphatic heterocycles. The Kier molecular flexibility index (Phi) is 8.58. The standard InChI is InChI=1S/C23H30N2O3S/c1-16-9-17(2)11-20(10-16)14-29-15-22(26)25(18(3)23(27)24-4)13-19-7-6-8-21(12-19)28-5/h6-12,18H,13-15H2,1-5H3,(H,24,27)/t18-/m1/s1. The highest BCUT2D eigenvalue weighted by atomic mass is 32.2. The number of nitrogens with zero attached hydrogens (tertiary/aromatic N) is 1. The van der Waals surface area contributed by atoms with Crippen molar-refractivity contribution in [2.75, 3.05) is 19.9 Å². The molecule has 2 aromatic carbocycles.